The molecule has 1 unspecified atom stereocenters. The van der Waals surface area contributed by atoms with Crippen LogP contribution in [0.2, 0.25) is 0 Å². The Balaban J connectivity index is 2.16. The second kappa shape index (κ2) is 6.41. The van der Waals surface area contributed by atoms with Crippen LogP contribution < -0.4 is 4.90 Å². The minimum Gasteiger partial charge on any atom is -0.353 e. The standard InChI is InChI=1S/C14H20N4O2S/c1-3-12(11-15)17-7-9-18(10-8-17)14-13(21(2,19)20)5-4-6-16-14/h4-6,12H,3,7-10H2,1-2H3. The first-order valence-corrected chi connectivity index (χ1v) is 8.90. The van der Waals surface area contributed by atoms with Crippen LogP contribution in [0.5, 0.6) is 0 Å². The van der Waals surface area contributed by atoms with Gasteiger partial charge in [0.05, 0.1) is 12.1 Å². The van der Waals surface area contributed by atoms with Crippen molar-refractivity contribution in [1.29, 1.82) is 5.26 Å². The van der Waals surface area contributed by atoms with E-state index in [4.69, 9.17) is 5.26 Å². The van der Waals surface area contributed by atoms with Gasteiger partial charge in [-0.05, 0) is 18.6 Å². The first-order chi connectivity index (χ1) is 9.97. The molecule has 1 aromatic rings. The number of hydrogen-bond donors (Lipinski definition) is 0. The average Bonchev–Trinajstić information content (AvgIpc) is 2.48. The molecule has 1 aliphatic heterocycles. The number of nitriles is 1. The second-order valence-electron chi connectivity index (χ2n) is 5.17. The maximum Gasteiger partial charge on any atom is 0.179 e. The van der Waals surface area contributed by atoms with Crippen LogP contribution in [0, 0.1) is 11.3 Å². The Labute approximate surface area is 125 Å². The minimum absolute atomic E-state index is 0.0646. The van der Waals surface area contributed by atoms with E-state index in [0.717, 1.165) is 19.5 Å². The van der Waals surface area contributed by atoms with E-state index in [2.05, 4.69) is 16.0 Å². The van der Waals surface area contributed by atoms with Gasteiger partial charge in [0.2, 0.25) is 0 Å². The number of piperazine rings is 1. The maximum absolute atomic E-state index is 11.8. The van der Waals surface area contributed by atoms with Crippen LogP contribution in [0.3, 0.4) is 0 Å². The zero-order valence-electron chi connectivity index (χ0n) is 12.4. The molecule has 21 heavy (non-hydrogen) atoms. The van der Waals surface area contributed by atoms with Crippen LogP contribution in [-0.2, 0) is 9.84 Å². The maximum atomic E-state index is 11.8. The Bertz CT molecular complexity index is 631. The molecule has 1 atom stereocenters. The summed E-state index contributed by atoms with van der Waals surface area (Å²) >= 11 is 0. The van der Waals surface area contributed by atoms with Crippen molar-refractivity contribution in [1.82, 2.24) is 9.88 Å². The van der Waals surface area contributed by atoms with Crippen molar-refractivity contribution in [2.75, 3.05) is 37.3 Å². The van der Waals surface area contributed by atoms with Crippen molar-refractivity contribution in [3.8, 4) is 6.07 Å². The molecule has 2 heterocycles. The van der Waals surface area contributed by atoms with Gasteiger partial charge in [-0.1, -0.05) is 6.92 Å². The topological polar surface area (TPSA) is 77.3 Å². The van der Waals surface area contributed by atoms with Gasteiger partial charge in [0.15, 0.2) is 9.84 Å². The molecular weight excluding hydrogens is 288 g/mol. The molecule has 0 radical (unpaired) electrons. The molecule has 0 aromatic carbocycles. The molecule has 7 heteroatoms. The summed E-state index contributed by atoms with van der Waals surface area (Å²) in [6.45, 7) is 4.84. The number of hydrogen-bond acceptors (Lipinski definition) is 6. The van der Waals surface area contributed by atoms with Crippen molar-refractivity contribution in [3.63, 3.8) is 0 Å². The Morgan fingerprint density at radius 1 is 1.38 bits per heavy atom. The van der Waals surface area contributed by atoms with E-state index in [0.29, 0.717) is 18.9 Å². The number of sulfone groups is 1. The molecule has 0 saturated carbocycles. The Kier molecular flexibility index (Phi) is 4.80. The van der Waals surface area contributed by atoms with Gasteiger partial charge in [0.1, 0.15) is 10.7 Å². The third kappa shape index (κ3) is 3.52. The Morgan fingerprint density at radius 3 is 2.57 bits per heavy atom. The Hall–Kier alpha value is -1.65. The molecular formula is C14H20N4O2S. The molecule has 0 aliphatic carbocycles. The molecule has 0 bridgehead atoms. The van der Waals surface area contributed by atoms with Crippen LogP contribution in [0.1, 0.15) is 13.3 Å². The number of anilines is 1. The van der Waals surface area contributed by atoms with E-state index >= 15 is 0 Å². The van der Waals surface area contributed by atoms with Crippen molar-refractivity contribution in [2.45, 2.75) is 24.3 Å². The van der Waals surface area contributed by atoms with Crippen molar-refractivity contribution >= 4 is 15.7 Å². The van der Waals surface area contributed by atoms with E-state index < -0.39 is 9.84 Å². The zero-order valence-corrected chi connectivity index (χ0v) is 13.2. The quantitative estimate of drug-likeness (QED) is 0.823. The summed E-state index contributed by atoms with van der Waals surface area (Å²) in [5.74, 6) is 0.518. The fraction of sp³-hybridized carbons (Fsp3) is 0.571. The third-order valence-electron chi connectivity index (χ3n) is 3.74. The van der Waals surface area contributed by atoms with Gasteiger partial charge >= 0.3 is 0 Å². The lowest BCUT2D eigenvalue weighted by Crippen LogP contribution is -2.50. The lowest BCUT2D eigenvalue weighted by Gasteiger charge is -2.37. The monoisotopic (exact) mass is 308 g/mol. The largest absolute Gasteiger partial charge is 0.353 e. The van der Waals surface area contributed by atoms with Gasteiger partial charge in [0, 0.05) is 38.6 Å². The van der Waals surface area contributed by atoms with Crippen LogP contribution in [0.25, 0.3) is 0 Å². The molecule has 0 amide bonds. The third-order valence-corrected chi connectivity index (χ3v) is 4.86. The lowest BCUT2D eigenvalue weighted by molar-refractivity contribution is 0.215. The van der Waals surface area contributed by atoms with Crippen LogP contribution in [0.15, 0.2) is 23.2 Å². The van der Waals surface area contributed by atoms with Gasteiger partial charge in [-0.2, -0.15) is 5.26 Å². The van der Waals surface area contributed by atoms with Crippen LogP contribution >= 0.6 is 0 Å². The number of pyridine rings is 1. The van der Waals surface area contributed by atoms with Crippen LogP contribution in [0.4, 0.5) is 5.82 Å². The predicted molar refractivity (Wildman–Crippen MR) is 80.8 cm³/mol. The summed E-state index contributed by atoms with van der Waals surface area (Å²) in [6, 6.07) is 5.47. The van der Waals surface area contributed by atoms with E-state index in [1.165, 1.54) is 6.26 Å². The first kappa shape index (κ1) is 15.7. The zero-order chi connectivity index (χ0) is 15.5. The highest BCUT2D eigenvalue weighted by atomic mass is 32.2. The molecule has 2 rings (SSSR count). The van der Waals surface area contributed by atoms with E-state index in [-0.39, 0.29) is 10.9 Å². The highest BCUT2D eigenvalue weighted by molar-refractivity contribution is 7.90. The highest BCUT2D eigenvalue weighted by Crippen LogP contribution is 2.23. The summed E-state index contributed by atoms with van der Waals surface area (Å²) in [6.07, 6.45) is 3.61. The van der Waals surface area contributed by atoms with Crippen LogP contribution in [-0.4, -0.2) is 56.8 Å². The highest BCUT2D eigenvalue weighted by Gasteiger charge is 2.26. The number of rotatable bonds is 4. The molecule has 1 aromatic heterocycles. The summed E-state index contributed by atoms with van der Waals surface area (Å²) in [5, 5.41) is 9.12. The van der Waals surface area contributed by atoms with Gasteiger partial charge in [-0.25, -0.2) is 13.4 Å². The Morgan fingerprint density at radius 2 is 2.05 bits per heavy atom. The van der Waals surface area contributed by atoms with Crippen molar-refractivity contribution in [2.24, 2.45) is 0 Å². The predicted octanol–water partition coefficient (Wildman–Crippen LogP) is 0.909. The van der Waals surface area contributed by atoms with Crippen molar-refractivity contribution in [3.05, 3.63) is 18.3 Å². The number of nitrogens with zero attached hydrogens (tertiary/aromatic N) is 4. The summed E-state index contributed by atoms with van der Waals surface area (Å²) in [4.78, 5) is 8.63. The summed E-state index contributed by atoms with van der Waals surface area (Å²) in [5.41, 5.74) is 0. The lowest BCUT2D eigenvalue weighted by atomic mass is 10.2. The summed E-state index contributed by atoms with van der Waals surface area (Å²) < 4.78 is 23.7. The van der Waals surface area contributed by atoms with E-state index in [1.54, 1.807) is 18.3 Å². The molecule has 0 spiro atoms. The molecule has 6 nitrogen and oxygen atoms in total. The molecule has 114 valence electrons. The van der Waals surface area contributed by atoms with Gasteiger partial charge in [-0.3, -0.25) is 4.90 Å². The first-order valence-electron chi connectivity index (χ1n) is 7.01. The summed E-state index contributed by atoms with van der Waals surface area (Å²) in [7, 11) is -3.29. The second-order valence-corrected chi connectivity index (χ2v) is 7.16. The number of aromatic nitrogens is 1. The fourth-order valence-electron chi connectivity index (χ4n) is 2.59. The molecule has 1 saturated heterocycles. The van der Waals surface area contributed by atoms with Gasteiger partial charge < -0.3 is 4.90 Å². The van der Waals surface area contributed by atoms with Gasteiger partial charge in [0.25, 0.3) is 0 Å². The van der Waals surface area contributed by atoms with E-state index in [9.17, 15) is 8.42 Å². The fourth-order valence-corrected chi connectivity index (χ4v) is 3.42. The SMILES string of the molecule is CCC(C#N)N1CCN(c2ncccc2S(C)(=O)=O)CC1. The molecule has 0 N–H and O–H groups in total. The normalized spacial score (nSPS) is 18.2. The van der Waals surface area contributed by atoms with Gasteiger partial charge in [-0.15, -0.1) is 0 Å². The minimum atomic E-state index is -3.29. The smallest absolute Gasteiger partial charge is 0.179 e. The van der Waals surface area contributed by atoms with Crippen molar-refractivity contribution < 1.29 is 8.42 Å². The molecule has 1 aliphatic rings. The molecule has 1 fully saturated rings. The average molecular weight is 308 g/mol. The van der Waals surface area contributed by atoms with E-state index in [1.807, 2.05) is 11.8 Å².